The Kier molecular flexibility index (Phi) is 2.25. The summed E-state index contributed by atoms with van der Waals surface area (Å²) in [6.45, 7) is 1.12. The zero-order valence-electron chi connectivity index (χ0n) is 8.28. The van der Waals surface area contributed by atoms with Crippen molar-refractivity contribution in [3.05, 3.63) is 34.8 Å². The van der Waals surface area contributed by atoms with E-state index in [-0.39, 0.29) is 0 Å². The van der Waals surface area contributed by atoms with Crippen LogP contribution in [-0.2, 0) is 0 Å². The maximum atomic E-state index is 4.28. The first-order valence-electron chi connectivity index (χ1n) is 5.21. The van der Waals surface area contributed by atoms with Crippen molar-refractivity contribution in [2.75, 3.05) is 6.54 Å². The molecule has 15 heavy (non-hydrogen) atoms. The predicted octanol–water partition coefficient (Wildman–Crippen LogP) is 2.52. The minimum Gasteiger partial charge on any atom is -0.309 e. The smallest absolute Gasteiger partial charge is 0.181 e. The number of hydrogen-bond donors (Lipinski definition) is 1. The zero-order valence-corrected chi connectivity index (χ0v) is 9.87. The van der Waals surface area contributed by atoms with Crippen molar-refractivity contribution in [3.63, 3.8) is 0 Å². The molecular formula is C11H12BrN3. The number of nitrogens with one attached hydrogen (secondary N) is 1. The van der Waals surface area contributed by atoms with Gasteiger partial charge in [-0.3, -0.25) is 4.40 Å². The van der Waals surface area contributed by atoms with Gasteiger partial charge in [0.1, 0.15) is 0 Å². The van der Waals surface area contributed by atoms with Crippen molar-refractivity contribution >= 4 is 21.4 Å². The first-order chi connectivity index (χ1) is 7.36. The number of fused-ring (bicyclic) bond motifs is 1. The standard InChI is InChI=1S/C11H12BrN3/c12-11-14-7-8-3-1-5-10(15(8)11)9-4-2-6-13-9/h1,3,5,7,9,13H,2,4,6H2. The van der Waals surface area contributed by atoms with Crippen LogP contribution in [0.3, 0.4) is 0 Å². The van der Waals surface area contributed by atoms with Crippen LogP contribution in [0.25, 0.3) is 5.52 Å². The summed E-state index contributed by atoms with van der Waals surface area (Å²) >= 11 is 3.49. The van der Waals surface area contributed by atoms with Crippen molar-refractivity contribution in [1.82, 2.24) is 14.7 Å². The SMILES string of the molecule is Brc1ncc2cccc(C3CCCN3)n12. The summed E-state index contributed by atoms with van der Waals surface area (Å²) in [6.07, 6.45) is 4.36. The monoisotopic (exact) mass is 265 g/mol. The van der Waals surface area contributed by atoms with E-state index in [9.17, 15) is 0 Å². The Hall–Kier alpha value is -0.870. The Bertz CT molecular complexity index is 486. The van der Waals surface area contributed by atoms with Gasteiger partial charge in [0.05, 0.1) is 11.7 Å². The van der Waals surface area contributed by atoms with Gasteiger partial charge in [0.2, 0.25) is 0 Å². The molecular weight excluding hydrogens is 254 g/mol. The van der Waals surface area contributed by atoms with Gasteiger partial charge in [-0.25, -0.2) is 4.98 Å². The molecule has 0 saturated carbocycles. The molecule has 1 unspecified atom stereocenters. The van der Waals surface area contributed by atoms with Gasteiger partial charge < -0.3 is 5.32 Å². The summed E-state index contributed by atoms with van der Waals surface area (Å²) < 4.78 is 3.06. The van der Waals surface area contributed by atoms with Crippen molar-refractivity contribution in [2.24, 2.45) is 0 Å². The molecule has 1 saturated heterocycles. The maximum absolute atomic E-state index is 4.28. The number of imidazole rings is 1. The average molecular weight is 266 g/mol. The van der Waals surface area contributed by atoms with Gasteiger partial charge in [-0.2, -0.15) is 0 Å². The average Bonchev–Trinajstić information content (AvgIpc) is 2.88. The molecule has 0 spiro atoms. The summed E-state index contributed by atoms with van der Waals surface area (Å²) in [6, 6.07) is 6.82. The van der Waals surface area contributed by atoms with E-state index in [0.29, 0.717) is 6.04 Å². The van der Waals surface area contributed by atoms with E-state index in [1.54, 1.807) is 0 Å². The Morgan fingerprint density at radius 2 is 2.40 bits per heavy atom. The van der Waals surface area contributed by atoms with E-state index in [1.165, 1.54) is 18.5 Å². The van der Waals surface area contributed by atoms with E-state index >= 15 is 0 Å². The van der Waals surface area contributed by atoms with Crippen molar-refractivity contribution in [3.8, 4) is 0 Å². The molecule has 2 aromatic rings. The van der Waals surface area contributed by atoms with Crippen molar-refractivity contribution in [1.29, 1.82) is 0 Å². The van der Waals surface area contributed by atoms with E-state index in [4.69, 9.17) is 0 Å². The number of pyridine rings is 1. The fourth-order valence-electron chi connectivity index (χ4n) is 2.24. The van der Waals surface area contributed by atoms with E-state index in [0.717, 1.165) is 16.8 Å². The number of nitrogens with zero attached hydrogens (tertiary/aromatic N) is 2. The van der Waals surface area contributed by atoms with Crippen LogP contribution in [-0.4, -0.2) is 15.9 Å². The Labute approximate surface area is 96.6 Å². The Morgan fingerprint density at radius 1 is 1.47 bits per heavy atom. The van der Waals surface area contributed by atoms with Crippen LogP contribution in [0, 0.1) is 0 Å². The third-order valence-corrected chi connectivity index (χ3v) is 3.51. The number of rotatable bonds is 1. The molecule has 0 amide bonds. The lowest BCUT2D eigenvalue weighted by Gasteiger charge is -2.13. The van der Waals surface area contributed by atoms with Crippen LogP contribution in [0.2, 0.25) is 0 Å². The largest absolute Gasteiger partial charge is 0.309 e. The molecule has 4 heteroatoms. The molecule has 3 nitrogen and oxygen atoms in total. The first-order valence-corrected chi connectivity index (χ1v) is 6.01. The van der Waals surface area contributed by atoms with Crippen LogP contribution in [0.1, 0.15) is 24.6 Å². The van der Waals surface area contributed by atoms with Crippen LogP contribution < -0.4 is 5.32 Å². The second-order valence-electron chi connectivity index (χ2n) is 3.89. The predicted molar refractivity (Wildman–Crippen MR) is 62.9 cm³/mol. The minimum atomic E-state index is 0.471. The Balaban J connectivity index is 2.19. The molecule has 78 valence electrons. The summed E-state index contributed by atoms with van der Waals surface area (Å²) in [5.74, 6) is 0. The fraction of sp³-hybridized carbons (Fsp3) is 0.364. The van der Waals surface area contributed by atoms with E-state index in [1.807, 2.05) is 6.20 Å². The number of hydrogen-bond acceptors (Lipinski definition) is 2. The second-order valence-corrected chi connectivity index (χ2v) is 4.60. The minimum absolute atomic E-state index is 0.471. The molecule has 0 aliphatic carbocycles. The fourth-order valence-corrected chi connectivity index (χ4v) is 2.76. The third kappa shape index (κ3) is 1.48. The van der Waals surface area contributed by atoms with Crippen LogP contribution >= 0.6 is 15.9 Å². The van der Waals surface area contributed by atoms with Gasteiger partial charge in [-0.15, -0.1) is 0 Å². The molecule has 1 fully saturated rings. The molecule has 1 atom stereocenters. The summed E-state index contributed by atoms with van der Waals surface area (Å²) in [7, 11) is 0. The molecule has 1 aliphatic heterocycles. The lowest BCUT2D eigenvalue weighted by Crippen LogP contribution is -2.15. The number of halogens is 1. The van der Waals surface area contributed by atoms with Crippen LogP contribution in [0.5, 0.6) is 0 Å². The van der Waals surface area contributed by atoms with Gasteiger partial charge >= 0.3 is 0 Å². The van der Waals surface area contributed by atoms with Gasteiger partial charge in [0.25, 0.3) is 0 Å². The molecule has 0 bridgehead atoms. The molecule has 3 heterocycles. The summed E-state index contributed by atoms with van der Waals surface area (Å²) in [4.78, 5) is 4.28. The van der Waals surface area contributed by atoms with Crippen LogP contribution in [0.15, 0.2) is 29.1 Å². The molecule has 2 aromatic heterocycles. The highest BCUT2D eigenvalue weighted by atomic mass is 79.9. The lowest BCUT2D eigenvalue weighted by molar-refractivity contribution is 0.617. The van der Waals surface area contributed by atoms with Crippen molar-refractivity contribution < 1.29 is 0 Å². The third-order valence-electron chi connectivity index (χ3n) is 2.96. The second kappa shape index (κ2) is 3.61. The highest BCUT2D eigenvalue weighted by Gasteiger charge is 2.19. The molecule has 1 aliphatic rings. The van der Waals surface area contributed by atoms with Crippen molar-refractivity contribution in [2.45, 2.75) is 18.9 Å². The lowest BCUT2D eigenvalue weighted by atomic mass is 10.1. The summed E-state index contributed by atoms with van der Waals surface area (Å²) in [5, 5.41) is 3.51. The summed E-state index contributed by atoms with van der Waals surface area (Å²) in [5.41, 5.74) is 2.45. The number of aromatic nitrogens is 2. The highest BCUT2D eigenvalue weighted by Crippen LogP contribution is 2.26. The molecule has 0 aromatic carbocycles. The topological polar surface area (TPSA) is 29.3 Å². The molecule has 0 radical (unpaired) electrons. The quantitative estimate of drug-likeness (QED) is 0.859. The van der Waals surface area contributed by atoms with E-state index in [2.05, 4.69) is 48.8 Å². The van der Waals surface area contributed by atoms with E-state index < -0.39 is 0 Å². The first kappa shape index (κ1) is 9.36. The van der Waals surface area contributed by atoms with Gasteiger partial charge in [-0.1, -0.05) is 6.07 Å². The zero-order chi connectivity index (χ0) is 10.3. The van der Waals surface area contributed by atoms with Crippen LogP contribution in [0.4, 0.5) is 0 Å². The molecule has 3 rings (SSSR count). The Morgan fingerprint density at radius 3 is 3.20 bits per heavy atom. The molecule has 1 N–H and O–H groups in total. The van der Waals surface area contributed by atoms with Gasteiger partial charge in [0.15, 0.2) is 4.73 Å². The van der Waals surface area contributed by atoms with Gasteiger partial charge in [-0.05, 0) is 47.4 Å². The maximum Gasteiger partial charge on any atom is 0.181 e. The van der Waals surface area contributed by atoms with Gasteiger partial charge in [0, 0.05) is 11.7 Å². The normalized spacial score (nSPS) is 21.3. The highest BCUT2D eigenvalue weighted by molar-refractivity contribution is 9.10.